The standard InChI is InChI=1S/C14H24N4O3/c1-4-11(5-2)10(3)17-14(21)15-6-7-18-8-12(13(19)20)16-9-18/h8-11H,4-7H2,1-3H3,(H,19,20)(H2,15,17,21). The van der Waals surface area contributed by atoms with Crippen molar-refractivity contribution in [2.24, 2.45) is 5.92 Å². The van der Waals surface area contributed by atoms with Gasteiger partial charge in [-0.1, -0.05) is 26.7 Å². The maximum Gasteiger partial charge on any atom is 0.356 e. The molecule has 1 unspecified atom stereocenters. The molecule has 1 heterocycles. The van der Waals surface area contributed by atoms with Crippen LogP contribution in [0.15, 0.2) is 12.5 Å². The SMILES string of the molecule is CCC(CC)C(C)NC(=O)NCCn1cnc(C(=O)O)c1. The minimum atomic E-state index is -1.06. The highest BCUT2D eigenvalue weighted by atomic mass is 16.4. The number of nitrogens with one attached hydrogen (secondary N) is 2. The smallest absolute Gasteiger partial charge is 0.356 e. The highest BCUT2D eigenvalue weighted by molar-refractivity contribution is 5.84. The Hall–Kier alpha value is -2.05. The summed E-state index contributed by atoms with van der Waals surface area (Å²) in [6.45, 7) is 7.13. The summed E-state index contributed by atoms with van der Waals surface area (Å²) in [5.74, 6) is -0.582. The number of rotatable bonds is 8. The summed E-state index contributed by atoms with van der Waals surface area (Å²) in [6.07, 6.45) is 4.94. The Morgan fingerprint density at radius 1 is 1.38 bits per heavy atom. The Bertz CT molecular complexity index is 469. The van der Waals surface area contributed by atoms with Gasteiger partial charge >= 0.3 is 12.0 Å². The Morgan fingerprint density at radius 3 is 2.57 bits per heavy atom. The van der Waals surface area contributed by atoms with Crippen LogP contribution < -0.4 is 10.6 Å². The number of imidazole rings is 1. The maximum atomic E-state index is 11.8. The van der Waals surface area contributed by atoms with Gasteiger partial charge in [0.05, 0.1) is 6.33 Å². The molecule has 2 amide bonds. The van der Waals surface area contributed by atoms with Crippen molar-refractivity contribution in [1.82, 2.24) is 20.2 Å². The van der Waals surface area contributed by atoms with Crippen molar-refractivity contribution in [3.63, 3.8) is 0 Å². The molecule has 0 aromatic carbocycles. The molecule has 0 radical (unpaired) electrons. The zero-order valence-electron chi connectivity index (χ0n) is 12.8. The topological polar surface area (TPSA) is 96.3 Å². The Balaban J connectivity index is 2.31. The first-order chi connectivity index (χ1) is 9.97. The molecule has 0 saturated carbocycles. The summed E-state index contributed by atoms with van der Waals surface area (Å²) < 4.78 is 1.63. The number of hydrogen-bond donors (Lipinski definition) is 3. The molecule has 118 valence electrons. The van der Waals surface area contributed by atoms with Crippen LogP contribution in [0.2, 0.25) is 0 Å². The van der Waals surface area contributed by atoms with Crippen molar-refractivity contribution in [3.05, 3.63) is 18.2 Å². The molecular weight excluding hydrogens is 272 g/mol. The second-order valence-electron chi connectivity index (χ2n) is 5.07. The van der Waals surface area contributed by atoms with E-state index in [4.69, 9.17) is 5.11 Å². The van der Waals surface area contributed by atoms with Crippen LogP contribution in [-0.4, -0.2) is 39.2 Å². The van der Waals surface area contributed by atoms with Crippen molar-refractivity contribution in [2.45, 2.75) is 46.2 Å². The Kier molecular flexibility index (Phi) is 6.71. The lowest BCUT2D eigenvalue weighted by atomic mass is 9.96. The zero-order chi connectivity index (χ0) is 15.8. The molecule has 1 atom stereocenters. The Morgan fingerprint density at radius 2 is 2.05 bits per heavy atom. The van der Waals surface area contributed by atoms with Gasteiger partial charge in [-0.25, -0.2) is 14.6 Å². The van der Waals surface area contributed by atoms with E-state index in [1.54, 1.807) is 4.57 Å². The first-order valence-electron chi connectivity index (χ1n) is 7.27. The number of carboxylic acid groups (broad SMARTS) is 1. The van der Waals surface area contributed by atoms with Gasteiger partial charge in [0.2, 0.25) is 0 Å². The van der Waals surface area contributed by atoms with E-state index < -0.39 is 5.97 Å². The number of urea groups is 1. The Labute approximate surface area is 124 Å². The fourth-order valence-corrected chi connectivity index (χ4v) is 2.26. The molecule has 1 aromatic rings. The number of carbonyl (C=O) groups excluding carboxylic acids is 1. The molecule has 21 heavy (non-hydrogen) atoms. The van der Waals surface area contributed by atoms with Gasteiger partial charge in [0.15, 0.2) is 5.69 Å². The van der Waals surface area contributed by atoms with E-state index in [0.29, 0.717) is 19.0 Å². The van der Waals surface area contributed by atoms with E-state index >= 15 is 0 Å². The molecule has 0 fully saturated rings. The number of aromatic nitrogens is 2. The number of aromatic carboxylic acids is 1. The molecule has 7 heteroatoms. The monoisotopic (exact) mass is 296 g/mol. The molecule has 0 aliphatic heterocycles. The summed E-state index contributed by atoms with van der Waals surface area (Å²) >= 11 is 0. The summed E-state index contributed by atoms with van der Waals surface area (Å²) in [5, 5.41) is 14.4. The number of carbonyl (C=O) groups is 2. The van der Waals surface area contributed by atoms with Crippen LogP contribution in [0.1, 0.15) is 44.1 Å². The fraction of sp³-hybridized carbons (Fsp3) is 0.643. The van der Waals surface area contributed by atoms with Crippen LogP contribution in [0.4, 0.5) is 4.79 Å². The number of hydrogen-bond acceptors (Lipinski definition) is 3. The van der Waals surface area contributed by atoms with E-state index in [1.165, 1.54) is 12.5 Å². The minimum absolute atomic E-state index is 0.00167. The second kappa shape index (κ2) is 8.28. The van der Waals surface area contributed by atoms with Gasteiger partial charge in [-0.05, 0) is 12.8 Å². The molecule has 1 aromatic heterocycles. The molecule has 0 spiro atoms. The molecule has 1 rings (SSSR count). The van der Waals surface area contributed by atoms with Gasteiger partial charge < -0.3 is 20.3 Å². The van der Waals surface area contributed by atoms with E-state index in [-0.39, 0.29) is 17.8 Å². The third-order valence-electron chi connectivity index (χ3n) is 3.62. The van der Waals surface area contributed by atoms with Gasteiger partial charge in [-0.15, -0.1) is 0 Å². The van der Waals surface area contributed by atoms with E-state index in [2.05, 4.69) is 29.5 Å². The van der Waals surface area contributed by atoms with Crippen LogP contribution in [0.5, 0.6) is 0 Å². The normalized spacial score (nSPS) is 12.2. The third-order valence-corrected chi connectivity index (χ3v) is 3.62. The van der Waals surface area contributed by atoms with Crippen molar-refractivity contribution in [2.75, 3.05) is 6.54 Å². The van der Waals surface area contributed by atoms with Gasteiger partial charge in [-0.3, -0.25) is 0 Å². The molecule has 0 bridgehead atoms. The number of carboxylic acids is 1. The summed E-state index contributed by atoms with van der Waals surface area (Å²) in [5.41, 5.74) is 0.00167. The average Bonchev–Trinajstić information content (AvgIpc) is 2.89. The summed E-state index contributed by atoms with van der Waals surface area (Å²) in [4.78, 5) is 26.2. The predicted octanol–water partition coefficient (Wildman–Crippen LogP) is 1.71. The van der Waals surface area contributed by atoms with Gasteiger partial charge in [0.1, 0.15) is 0 Å². The molecule has 0 aliphatic carbocycles. The molecule has 7 nitrogen and oxygen atoms in total. The summed E-state index contributed by atoms with van der Waals surface area (Å²) in [6, 6.07) is -0.0696. The first-order valence-corrected chi connectivity index (χ1v) is 7.27. The molecule has 3 N–H and O–H groups in total. The number of amides is 2. The van der Waals surface area contributed by atoms with Crippen molar-refractivity contribution < 1.29 is 14.7 Å². The minimum Gasteiger partial charge on any atom is -0.476 e. The lowest BCUT2D eigenvalue weighted by molar-refractivity contribution is 0.0691. The fourth-order valence-electron chi connectivity index (χ4n) is 2.26. The van der Waals surface area contributed by atoms with E-state index in [1.807, 2.05) is 6.92 Å². The van der Waals surface area contributed by atoms with Gasteiger partial charge in [-0.2, -0.15) is 0 Å². The van der Waals surface area contributed by atoms with Crippen LogP contribution >= 0.6 is 0 Å². The summed E-state index contributed by atoms with van der Waals surface area (Å²) in [7, 11) is 0. The van der Waals surface area contributed by atoms with Crippen LogP contribution in [-0.2, 0) is 6.54 Å². The van der Waals surface area contributed by atoms with Crippen LogP contribution in [0, 0.1) is 5.92 Å². The molecular formula is C14H24N4O3. The van der Waals surface area contributed by atoms with Crippen molar-refractivity contribution in [3.8, 4) is 0 Å². The molecule has 0 saturated heterocycles. The third kappa shape index (κ3) is 5.45. The predicted molar refractivity (Wildman–Crippen MR) is 79.3 cm³/mol. The maximum absolute atomic E-state index is 11.8. The average molecular weight is 296 g/mol. The molecule has 0 aliphatic rings. The highest BCUT2D eigenvalue weighted by Gasteiger charge is 2.15. The van der Waals surface area contributed by atoms with Crippen molar-refractivity contribution >= 4 is 12.0 Å². The highest BCUT2D eigenvalue weighted by Crippen LogP contribution is 2.12. The van der Waals surface area contributed by atoms with Crippen LogP contribution in [0.25, 0.3) is 0 Å². The lowest BCUT2D eigenvalue weighted by Gasteiger charge is -2.22. The largest absolute Gasteiger partial charge is 0.476 e. The first kappa shape index (κ1) is 17.0. The second-order valence-corrected chi connectivity index (χ2v) is 5.07. The van der Waals surface area contributed by atoms with Gasteiger partial charge in [0.25, 0.3) is 0 Å². The van der Waals surface area contributed by atoms with E-state index in [9.17, 15) is 9.59 Å². The zero-order valence-corrected chi connectivity index (χ0v) is 12.8. The van der Waals surface area contributed by atoms with Gasteiger partial charge in [0, 0.05) is 25.3 Å². The van der Waals surface area contributed by atoms with Crippen molar-refractivity contribution in [1.29, 1.82) is 0 Å². The lowest BCUT2D eigenvalue weighted by Crippen LogP contribution is -2.44. The van der Waals surface area contributed by atoms with Crippen LogP contribution in [0.3, 0.4) is 0 Å². The number of nitrogens with zero attached hydrogens (tertiary/aromatic N) is 2. The quantitative estimate of drug-likeness (QED) is 0.680. The van der Waals surface area contributed by atoms with E-state index in [0.717, 1.165) is 12.8 Å².